The molecule has 0 spiro atoms. The molecular weight excluding hydrogens is 388 g/mol. The molecule has 29 heavy (non-hydrogen) atoms. The van der Waals surface area contributed by atoms with E-state index in [4.69, 9.17) is 9.47 Å². The standard InChI is InChI=1S/C20H26N6O2S/c1-24-8-10-25(11-9-24)19(15-6-7-17(27-2)18(13-15)28-3)20-21-22-23-26(20)14-16-5-4-12-29-16/h4-7,12-13,19H,8-11,14H2,1-3H3/t19-/m1/s1. The molecule has 3 aromatic rings. The number of hydrogen-bond acceptors (Lipinski definition) is 8. The molecule has 1 aliphatic heterocycles. The number of thiophene rings is 1. The Bertz CT molecular complexity index is 921. The predicted molar refractivity (Wildman–Crippen MR) is 112 cm³/mol. The van der Waals surface area contributed by atoms with Gasteiger partial charge in [0.2, 0.25) is 0 Å². The Morgan fingerprint density at radius 3 is 2.55 bits per heavy atom. The van der Waals surface area contributed by atoms with Crippen LogP contribution in [0.3, 0.4) is 0 Å². The fourth-order valence-electron chi connectivity index (χ4n) is 3.70. The smallest absolute Gasteiger partial charge is 0.173 e. The van der Waals surface area contributed by atoms with Gasteiger partial charge in [-0.25, -0.2) is 4.68 Å². The van der Waals surface area contributed by atoms with Gasteiger partial charge in [0.25, 0.3) is 0 Å². The lowest BCUT2D eigenvalue weighted by Gasteiger charge is -2.37. The van der Waals surface area contributed by atoms with Crippen molar-refractivity contribution in [1.82, 2.24) is 30.0 Å². The summed E-state index contributed by atoms with van der Waals surface area (Å²) in [5.74, 6) is 2.27. The van der Waals surface area contributed by atoms with E-state index in [9.17, 15) is 0 Å². The molecule has 1 fully saturated rings. The number of aromatic nitrogens is 4. The van der Waals surface area contributed by atoms with Gasteiger partial charge in [-0.1, -0.05) is 12.1 Å². The van der Waals surface area contributed by atoms with Crippen molar-refractivity contribution < 1.29 is 9.47 Å². The minimum absolute atomic E-state index is 0.0570. The molecule has 9 heteroatoms. The molecule has 0 amide bonds. The number of rotatable bonds is 7. The Balaban J connectivity index is 1.73. The average Bonchev–Trinajstić information content (AvgIpc) is 3.42. The second kappa shape index (κ2) is 8.89. The maximum Gasteiger partial charge on any atom is 0.173 e. The molecule has 3 heterocycles. The van der Waals surface area contributed by atoms with Gasteiger partial charge in [0, 0.05) is 31.1 Å². The first-order chi connectivity index (χ1) is 14.2. The second-order valence-corrected chi connectivity index (χ2v) is 8.16. The van der Waals surface area contributed by atoms with Crippen molar-refractivity contribution in [3.8, 4) is 11.5 Å². The van der Waals surface area contributed by atoms with E-state index < -0.39 is 0 Å². The number of methoxy groups -OCH3 is 2. The molecule has 0 N–H and O–H groups in total. The molecule has 0 radical (unpaired) electrons. The van der Waals surface area contributed by atoms with Gasteiger partial charge in [-0.3, -0.25) is 4.90 Å². The summed E-state index contributed by atoms with van der Waals surface area (Å²) in [4.78, 5) is 6.01. The number of tetrazole rings is 1. The Kier molecular flexibility index (Phi) is 6.08. The average molecular weight is 415 g/mol. The molecular formula is C20H26N6O2S. The summed E-state index contributed by atoms with van der Waals surface area (Å²) < 4.78 is 12.9. The van der Waals surface area contributed by atoms with E-state index in [-0.39, 0.29) is 6.04 Å². The van der Waals surface area contributed by atoms with Crippen molar-refractivity contribution in [3.63, 3.8) is 0 Å². The number of ether oxygens (including phenoxy) is 2. The highest BCUT2D eigenvalue weighted by atomic mass is 32.1. The molecule has 1 atom stereocenters. The number of likely N-dealkylation sites (N-methyl/N-ethyl adjacent to an activating group) is 1. The summed E-state index contributed by atoms with van der Waals surface area (Å²) >= 11 is 1.71. The van der Waals surface area contributed by atoms with E-state index in [0.717, 1.165) is 37.6 Å². The summed E-state index contributed by atoms with van der Waals surface area (Å²) in [6, 6.07) is 10.2. The maximum absolute atomic E-state index is 5.56. The highest BCUT2D eigenvalue weighted by Crippen LogP contribution is 2.35. The summed E-state index contributed by atoms with van der Waals surface area (Å²) in [6.07, 6.45) is 0. The fourth-order valence-corrected chi connectivity index (χ4v) is 4.38. The Labute approximate surface area is 174 Å². The van der Waals surface area contributed by atoms with Crippen LogP contribution in [-0.2, 0) is 6.54 Å². The third-order valence-corrected chi connectivity index (χ3v) is 6.18. The number of hydrogen-bond donors (Lipinski definition) is 0. The summed E-state index contributed by atoms with van der Waals surface area (Å²) in [5, 5.41) is 14.8. The van der Waals surface area contributed by atoms with Crippen LogP contribution in [0.15, 0.2) is 35.7 Å². The van der Waals surface area contributed by atoms with Crippen molar-refractivity contribution in [2.24, 2.45) is 0 Å². The molecule has 0 saturated carbocycles. The zero-order chi connectivity index (χ0) is 20.2. The summed E-state index contributed by atoms with van der Waals surface area (Å²) in [5.41, 5.74) is 1.09. The first kappa shape index (κ1) is 19.8. The van der Waals surface area contributed by atoms with Gasteiger partial charge in [0.05, 0.1) is 26.8 Å². The van der Waals surface area contributed by atoms with E-state index in [2.05, 4.69) is 56.0 Å². The van der Waals surface area contributed by atoms with Gasteiger partial charge >= 0.3 is 0 Å². The van der Waals surface area contributed by atoms with Gasteiger partial charge in [-0.05, 0) is 46.6 Å². The fraction of sp³-hybridized carbons (Fsp3) is 0.450. The van der Waals surface area contributed by atoms with Crippen LogP contribution in [-0.4, -0.2) is 77.5 Å². The molecule has 4 rings (SSSR count). The first-order valence-corrected chi connectivity index (χ1v) is 10.5. The van der Waals surface area contributed by atoms with E-state index in [1.807, 2.05) is 16.8 Å². The maximum atomic E-state index is 5.56. The van der Waals surface area contributed by atoms with Crippen LogP contribution in [0.25, 0.3) is 0 Å². The Hall–Kier alpha value is -2.49. The van der Waals surface area contributed by atoms with Gasteiger partial charge < -0.3 is 14.4 Å². The van der Waals surface area contributed by atoms with Crippen LogP contribution in [0, 0.1) is 0 Å². The van der Waals surface area contributed by atoms with Crippen molar-refractivity contribution in [2.45, 2.75) is 12.6 Å². The normalized spacial score (nSPS) is 16.7. The minimum Gasteiger partial charge on any atom is -0.493 e. The minimum atomic E-state index is -0.0570. The second-order valence-electron chi connectivity index (χ2n) is 7.13. The molecule has 0 aliphatic carbocycles. The SMILES string of the molecule is COc1ccc([C@H](c2nnnn2Cc2cccs2)N2CCN(C)CC2)cc1OC. The predicted octanol–water partition coefficient (Wildman–Crippen LogP) is 2.14. The van der Waals surface area contributed by atoms with E-state index in [1.54, 1.807) is 25.6 Å². The number of benzene rings is 1. The van der Waals surface area contributed by atoms with Gasteiger partial charge in [0.15, 0.2) is 17.3 Å². The van der Waals surface area contributed by atoms with Crippen molar-refractivity contribution in [1.29, 1.82) is 0 Å². The molecule has 1 saturated heterocycles. The van der Waals surface area contributed by atoms with Crippen LogP contribution in [0.4, 0.5) is 0 Å². The van der Waals surface area contributed by atoms with E-state index in [0.29, 0.717) is 18.0 Å². The van der Waals surface area contributed by atoms with Crippen molar-refractivity contribution in [3.05, 3.63) is 52.0 Å². The Morgan fingerprint density at radius 2 is 1.86 bits per heavy atom. The third-order valence-electron chi connectivity index (χ3n) is 5.32. The molecule has 1 aliphatic rings. The third kappa shape index (κ3) is 4.26. The lowest BCUT2D eigenvalue weighted by atomic mass is 10.0. The summed E-state index contributed by atoms with van der Waals surface area (Å²) in [7, 11) is 5.47. The van der Waals surface area contributed by atoms with Crippen LogP contribution in [0.2, 0.25) is 0 Å². The van der Waals surface area contributed by atoms with Crippen LogP contribution in [0.1, 0.15) is 22.3 Å². The highest BCUT2D eigenvalue weighted by Gasteiger charge is 2.30. The van der Waals surface area contributed by atoms with Gasteiger partial charge in [-0.15, -0.1) is 16.4 Å². The number of piperazine rings is 1. The topological polar surface area (TPSA) is 68.5 Å². The van der Waals surface area contributed by atoms with Crippen LogP contribution >= 0.6 is 11.3 Å². The lowest BCUT2D eigenvalue weighted by molar-refractivity contribution is 0.121. The molecule has 0 unspecified atom stereocenters. The van der Waals surface area contributed by atoms with E-state index >= 15 is 0 Å². The van der Waals surface area contributed by atoms with E-state index in [1.165, 1.54) is 4.88 Å². The molecule has 154 valence electrons. The zero-order valence-corrected chi connectivity index (χ0v) is 17.8. The van der Waals surface area contributed by atoms with Crippen molar-refractivity contribution in [2.75, 3.05) is 47.4 Å². The quantitative estimate of drug-likeness (QED) is 0.587. The first-order valence-electron chi connectivity index (χ1n) is 9.62. The van der Waals surface area contributed by atoms with Gasteiger partial charge in [-0.2, -0.15) is 0 Å². The molecule has 0 bridgehead atoms. The van der Waals surface area contributed by atoms with Crippen LogP contribution < -0.4 is 9.47 Å². The number of nitrogens with zero attached hydrogens (tertiary/aromatic N) is 6. The lowest BCUT2D eigenvalue weighted by Crippen LogP contribution is -2.46. The molecule has 1 aromatic carbocycles. The van der Waals surface area contributed by atoms with Gasteiger partial charge in [0.1, 0.15) is 0 Å². The largest absolute Gasteiger partial charge is 0.493 e. The highest BCUT2D eigenvalue weighted by molar-refractivity contribution is 7.09. The van der Waals surface area contributed by atoms with Crippen LogP contribution in [0.5, 0.6) is 11.5 Å². The Morgan fingerprint density at radius 1 is 1.07 bits per heavy atom. The van der Waals surface area contributed by atoms with Crippen molar-refractivity contribution >= 4 is 11.3 Å². The molecule has 8 nitrogen and oxygen atoms in total. The zero-order valence-electron chi connectivity index (χ0n) is 17.0. The monoisotopic (exact) mass is 414 g/mol. The summed E-state index contributed by atoms with van der Waals surface area (Å²) in [6.45, 7) is 4.58. The molecule has 2 aromatic heterocycles.